The van der Waals surface area contributed by atoms with Gasteiger partial charge in [-0.2, -0.15) is 0 Å². The minimum Gasteiger partial charge on any atom is -0.497 e. The van der Waals surface area contributed by atoms with Crippen molar-refractivity contribution in [2.24, 2.45) is 5.92 Å². The standard InChI is InChI=1S/C22H24N2O3S/c1-27-19-8-4-7-18(13-19)24-20(25)14-28-22(24)16-9-11-17(12-10-16)23-21(26)15-5-2-3-6-15/h4,7-13,15,22H,2-3,5-6,14H2,1H3,(H,23,26). The molecular weight excluding hydrogens is 372 g/mol. The number of carbonyl (C=O) groups excluding carboxylic acids is 2. The maximum Gasteiger partial charge on any atom is 0.238 e. The monoisotopic (exact) mass is 396 g/mol. The molecule has 2 aromatic rings. The topological polar surface area (TPSA) is 58.6 Å². The van der Waals surface area contributed by atoms with Crippen molar-refractivity contribution < 1.29 is 14.3 Å². The number of carbonyl (C=O) groups is 2. The van der Waals surface area contributed by atoms with E-state index in [4.69, 9.17) is 4.74 Å². The van der Waals surface area contributed by atoms with Gasteiger partial charge in [0, 0.05) is 23.4 Å². The molecule has 0 spiro atoms. The van der Waals surface area contributed by atoms with Crippen LogP contribution < -0.4 is 15.0 Å². The first kappa shape index (κ1) is 18.9. The molecule has 1 unspecified atom stereocenters. The van der Waals surface area contributed by atoms with Crippen molar-refractivity contribution in [3.05, 3.63) is 54.1 Å². The Morgan fingerprint density at radius 1 is 1.14 bits per heavy atom. The number of amides is 2. The fraction of sp³-hybridized carbons (Fsp3) is 0.364. The molecule has 146 valence electrons. The summed E-state index contributed by atoms with van der Waals surface area (Å²) in [6.07, 6.45) is 4.26. The number of benzene rings is 2. The van der Waals surface area contributed by atoms with Crippen LogP contribution in [-0.4, -0.2) is 24.7 Å². The minimum absolute atomic E-state index is 0.0841. The van der Waals surface area contributed by atoms with E-state index >= 15 is 0 Å². The first-order chi connectivity index (χ1) is 13.7. The van der Waals surface area contributed by atoms with Crippen molar-refractivity contribution in [2.75, 3.05) is 23.1 Å². The van der Waals surface area contributed by atoms with Crippen LogP contribution in [0.15, 0.2) is 48.5 Å². The van der Waals surface area contributed by atoms with Gasteiger partial charge < -0.3 is 10.1 Å². The SMILES string of the molecule is COc1cccc(N2C(=O)CSC2c2ccc(NC(=O)C3CCCC3)cc2)c1. The van der Waals surface area contributed by atoms with Crippen LogP contribution in [0.5, 0.6) is 5.75 Å². The van der Waals surface area contributed by atoms with E-state index < -0.39 is 0 Å². The number of nitrogens with zero attached hydrogens (tertiary/aromatic N) is 1. The van der Waals surface area contributed by atoms with E-state index in [1.54, 1.807) is 18.9 Å². The number of hydrogen-bond acceptors (Lipinski definition) is 4. The number of thioether (sulfide) groups is 1. The van der Waals surface area contributed by atoms with Crippen LogP contribution in [0.4, 0.5) is 11.4 Å². The molecule has 5 nitrogen and oxygen atoms in total. The lowest BCUT2D eigenvalue weighted by atomic mass is 10.1. The Bertz CT molecular complexity index is 862. The highest BCUT2D eigenvalue weighted by Gasteiger charge is 2.34. The molecule has 0 bridgehead atoms. The van der Waals surface area contributed by atoms with Crippen LogP contribution in [0.3, 0.4) is 0 Å². The summed E-state index contributed by atoms with van der Waals surface area (Å²) in [5.41, 5.74) is 2.68. The van der Waals surface area contributed by atoms with Crippen molar-refractivity contribution >= 4 is 35.0 Å². The van der Waals surface area contributed by atoms with Crippen molar-refractivity contribution in [1.82, 2.24) is 0 Å². The predicted molar refractivity (Wildman–Crippen MR) is 113 cm³/mol. The first-order valence-electron chi connectivity index (χ1n) is 9.64. The minimum atomic E-state index is -0.0841. The van der Waals surface area contributed by atoms with Gasteiger partial charge in [0.25, 0.3) is 0 Å². The molecule has 2 amide bonds. The number of methoxy groups -OCH3 is 1. The molecule has 1 N–H and O–H groups in total. The zero-order chi connectivity index (χ0) is 19.5. The van der Waals surface area contributed by atoms with Crippen LogP contribution in [0.2, 0.25) is 0 Å². The number of hydrogen-bond donors (Lipinski definition) is 1. The van der Waals surface area contributed by atoms with Crippen molar-refractivity contribution in [3.63, 3.8) is 0 Å². The van der Waals surface area contributed by atoms with Gasteiger partial charge in [0.1, 0.15) is 11.1 Å². The highest BCUT2D eigenvalue weighted by atomic mass is 32.2. The molecule has 2 aromatic carbocycles. The Kier molecular flexibility index (Phi) is 5.57. The van der Waals surface area contributed by atoms with Crippen LogP contribution in [0, 0.1) is 5.92 Å². The average molecular weight is 397 g/mol. The van der Waals surface area contributed by atoms with Crippen LogP contribution >= 0.6 is 11.8 Å². The lowest BCUT2D eigenvalue weighted by molar-refractivity contribution is -0.119. The van der Waals surface area contributed by atoms with Gasteiger partial charge in [0.05, 0.1) is 12.9 Å². The molecule has 0 radical (unpaired) electrons. The Morgan fingerprint density at radius 2 is 1.89 bits per heavy atom. The smallest absolute Gasteiger partial charge is 0.238 e. The molecule has 1 aliphatic carbocycles. The largest absolute Gasteiger partial charge is 0.497 e. The molecule has 2 aliphatic rings. The zero-order valence-corrected chi connectivity index (χ0v) is 16.7. The van der Waals surface area contributed by atoms with Gasteiger partial charge in [-0.05, 0) is 42.7 Å². The molecule has 1 heterocycles. The van der Waals surface area contributed by atoms with Crippen molar-refractivity contribution in [2.45, 2.75) is 31.1 Å². The first-order valence-corrected chi connectivity index (χ1v) is 10.7. The second kappa shape index (κ2) is 8.27. The summed E-state index contributed by atoms with van der Waals surface area (Å²) in [6.45, 7) is 0. The number of rotatable bonds is 5. The lowest BCUT2D eigenvalue weighted by Gasteiger charge is -2.25. The van der Waals surface area contributed by atoms with E-state index in [0.717, 1.165) is 48.4 Å². The van der Waals surface area contributed by atoms with Crippen molar-refractivity contribution in [3.8, 4) is 5.75 Å². The zero-order valence-electron chi connectivity index (χ0n) is 15.9. The summed E-state index contributed by atoms with van der Waals surface area (Å²) in [5, 5.41) is 2.94. The second-order valence-electron chi connectivity index (χ2n) is 7.22. The fourth-order valence-electron chi connectivity index (χ4n) is 3.87. The van der Waals surface area contributed by atoms with Gasteiger partial charge in [0.2, 0.25) is 11.8 Å². The van der Waals surface area contributed by atoms with Crippen molar-refractivity contribution in [1.29, 1.82) is 0 Å². The van der Waals surface area contributed by atoms with E-state index in [-0.39, 0.29) is 23.1 Å². The van der Waals surface area contributed by atoms with E-state index in [9.17, 15) is 9.59 Å². The number of ether oxygens (including phenoxy) is 1. The number of nitrogens with one attached hydrogen (secondary N) is 1. The van der Waals surface area contributed by atoms with E-state index in [1.165, 1.54) is 0 Å². The Balaban J connectivity index is 1.50. The Labute approximate surface area is 169 Å². The summed E-state index contributed by atoms with van der Waals surface area (Å²) in [6, 6.07) is 15.4. The molecule has 1 atom stereocenters. The summed E-state index contributed by atoms with van der Waals surface area (Å²) in [7, 11) is 1.62. The molecule has 4 rings (SSSR count). The van der Waals surface area contributed by atoms with Crippen LogP contribution in [0.25, 0.3) is 0 Å². The predicted octanol–water partition coefficient (Wildman–Crippen LogP) is 4.60. The second-order valence-corrected chi connectivity index (χ2v) is 8.29. The van der Waals surface area contributed by atoms with E-state index in [0.29, 0.717) is 5.75 Å². The molecule has 2 fully saturated rings. The molecule has 1 aliphatic heterocycles. The summed E-state index contributed by atoms with van der Waals surface area (Å²) in [5.74, 6) is 1.52. The van der Waals surface area contributed by atoms with Gasteiger partial charge in [-0.3, -0.25) is 14.5 Å². The lowest BCUT2D eigenvalue weighted by Crippen LogP contribution is -2.27. The van der Waals surface area contributed by atoms with Gasteiger partial charge >= 0.3 is 0 Å². The van der Waals surface area contributed by atoms with Crippen LogP contribution in [0.1, 0.15) is 36.6 Å². The normalized spacial score (nSPS) is 19.8. The molecule has 28 heavy (non-hydrogen) atoms. The summed E-state index contributed by atoms with van der Waals surface area (Å²) in [4.78, 5) is 26.7. The van der Waals surface area contributed by atoms with Gasteiger partial charge in [0.15, 0.2) is 0 Å². The third kappa shape index (κ3) is 3.87. The third-order valence-corrected chi connectivity index (χ3v) is 6.60. The Hall–Kier alpha value is -2.47. The molecular formula is C22H24N2O3S. The van der Waals surface area contributed by atoms with E-state index in [2.05, 4.69) is 5.32 Å². The summed E-state index contributed by atoms with van der Waals surface area (Å²) >= 11 is 1.61. The maximum atomic E-state index is 12.5. The fourth-order valence-corrected chi connectivity index (χ4v) is 5.05. The van der Waals surface area contributed by atoms with Crippen LogP contribution in [-0.2, 0) is 9.59 Å². The van der Waals surface area contributed by atoms with E-state index in [1.807, 2.05) is 53.4 Å². The maximum absolute atomic E-state index is 12.5. The molecule has 6 heteroatoms. The van der Waals surface area contributed by atoms with Gasteiger partial charge in [-0.25, -0.2) is 0 Å². The average Bonchev–Trinajstić information content (AvgIpc) is 3.39. The number of anilines is 2. The quantitative estimate of drug-likeness (QED) is 0.802. The van der Waals surface area contributed by atoms with Gasteiger partial charge in [-0.15, -0.1) is 11.8 Å². The highest BCUT2D eigenvalue weighted by molar-refractivity contribution is 8.00. The molecule has 1 saturated heterocycles. The summed E-state index contributed by atoms with van der Waals surface area (Å²) < 4.78 is 5.30. The third-order valence-electron chi connectivity index (χ3n) is 5.39. The molecule has 0 aromatic heterocycles. The Morgan fingerprint density at radius 3 is 2.61 bits per heavy atom. The highest BCUT2D eigenvalue weighted by Crippen LogP contribution is 2.42. The molecule has 1 saturated carbocycles. The van der Waals surface area contributed by atoms with Gasteiger partial charge in [-0.1, -0.05) is 31.0 Å².